The van der Waals surface area contributed by atoms with Crippen molar-refractivity contribution in [2.75, 3.05) is 13.6 Å². The molecule has 0 bridgehead atoms. The molecule has 0 saturated carbocycles. The first kappa shape index (κ1) is 21.0. The molecule has 152 valence electrons. The molecule has 0 fully saturated rings. The van der Waals surface area contributed by atoms with Crippen LogP contribution in [0.15, 0.2) is 59.5 Å². The quantitative estimate of drug-likeness (QED) is 0.508. The van der Waals surface area contributed by atoms with E-state index < -0.39 is 5.76 Å². The summed E-state index contributed by atoms with van der Waals surface area (Å²) >= 11 is 0.454. The number of aromatic nitrogens is 2. The van der Waals surface area contributed by atoms with Crippen LogP contribution in [-0.4, -0.2) is 40.4 Å². The van der Waals surface area contributed by atoms with E-state index in [2.05, 4.69) is 10.2 Å². The van der Waals surface area contributed by atoms with Crippen LogP contribution >= 0.6 is 11.8 Å². The van der Waals surface area contributed by atoms with Crippen molar-refractivity contribution in [3.05, 3.63) is 71.7 Å². The zero-order valence-corrected chi connectivity index (χ0v) is 16.6. The molecular weight excluding hydrogens is 399 g/mol. The molecule has 8 heteroatoms. The van der Waals surface area contributed by atoms with Gasteiger partial charge >= 0.3 is 0 Å². The summed E-state index contributed by atoms with van der Waals surface area (Å²) in [6, 6.07) is 14.2. The zero-order valence-electron chi connectivity index (χ0n) is 15.7. The Morgan fingerprint density at radius 2 is 1.83 bits per heavy atom. The summed E-state index contributed by atoms with van der Waals surface area (Å²) in [6.07, 6.45) is 1.43. The lowest BCUT2D eigenvalue weighted by atomic mass is 10.1. The van der Waals surface area contributed by atoms with Crippen LogP contribution in [0.1, 0.15) is 22.5 Å². The predicted molar refractivity (Wildman–Crippen MR) is 108 cm³/mol. The summed E-state index contributed by atoms with van der Waals surface area (Å²) < 4.78 is 37.7. The zero-order chi connectivity index (χ0) is 20.8. The number of nitrogens with one attached hydrogen (secondary N) is 1. The monoisotopic (exact) mass is 419 g/mol. The van der Waals surface area contributed by atoms with Gasteiger partial charge in [-0.05, 0) is 67.4 Å². The largest absolute Gasteiger partial charge is 0.342 e. The van der Waals surface area contributed by atoms with Gasteiger partial charge in [0, 0.05) is 35.3 Å². The van der Waals surface area contributed by atoms with Gasteiger partial charge in [-0.1, -0.05) is 11.8 Å². The van der Waals surface area contributed by atoms with E-state index in [1.54, 1.807) is 36.2 Å². The number of aryl methyl sites for hydroxylation is 1. The molecule has 3 rings (SSSR count). The first-order chi connectivity index (χ1) is 13.9. The number of benzene rings is 2. The Kier molecular flexibility index (Phi) is 6.98. The third-order valence-electron chi connectivity index (χ3n) is 4.38. The van der Waals surface area contributed by atoms with Crippen LogP contribution in [-0.2, 0) is 6.42 Å². The average Bonchev–Trinajstić information content (AvgIpc) is 3.17. The molecule has 0 radical (unpaired) electrons. The maximum absolute atomic E-state index is 13.0. The number of carbonyl (C=O) groups is 1. The molecule has 0 aliphatic carbocycles. The van der Waals surface area contributed by atoms with Gasteiger partial charge in [0.05, 0.1) is 5.69 Å². The lowest BCUT2D eigenvalue weighted by Crippen LogP contribution is -2.28. The minimum absolute atomic E-state index is 0.157. The van der Waals surface area contributed by atoms with Crippen molar-refractivity contribution in [2.24, 2.45) is 0 Å². The fraction of sp³-hybridized carbons (Fsp3) is 0.238. The summed E-state index contributed by atoms with van der Waals surface area (Å²) in [5, 5.41) is 7.21. The van der Waals surface area contributed by atoms with Crippen LogP contribution in [0, 0.1) is 5.82 Å². The number of thioether (sulfide) groups is 1. The van der Waals surface area contributed by atoms with Crippen LogP contribution in [0.5, 0.6) is 0 Å². The molecule has 29 heavy (non-hydrogen) atoms. The van der Waals surface area contributed by atoms with Gasteiger partial charge in [0.1, 0.15) is 5.82 Å². The molecule has 1 heterocycles. The van der Waals surface area contributed by atoms with Crippen LogP contribution in [0.25, 0.3) is 11.3 Å². The topological polar surface area (TPSA) is 49.0 Å². The van der Waals surface area contributed by atoms with E-state index in [-0.39, 0.29) is 11.7 Å². The van der Waals surface area contributed by atoms with Gasteiger partial charge in [-0.2, -0.15) is 13.9 Å². The summed E-state index contributed by atoms with van der Waals surface area (Å²) in [5.41, 5.74) is 2.96. The molecular formula is C21H20F3N3OS. The van der Waals surface area contributed by atoms with E-state index in [1.165, 1.54) is 24.3 Å². The number of aromatic amines is 1. The van der Waals surface area contributed by atoms with Gasteiger partial charge in [0.25, 0.3) is 11.7 Å². The summed E-state index contributed by atoms with van der Waals surface area (Å²) in [7, 11) is 1.71. The highest BCUT2D eigenvalue weighted by molar-refractivity contribution is 7.99. The van der Waals surface area contributed by atoms with Gasteiger partial charge in [0.2, 0.25) is 0 Å². The highest BCUT2D eigenvalue weighted by atomic mass is 32.2. The Bertz CT molecular complexity index is 943. The van der Waals surface area contributed by atoms with Gasteiger partial charge in [-0.3, -0.25) is 9.89 Å². The van der Waals surface area contributed by atoms with E-state index in [0.29, 0.717) is 35.2 Å². The van der Waals surface area contributed by atoms with Crippen molar-refractivity contribution in [3.63, 3.8) is 0 Å². The second-order valence-electron chi connectivity index (χ2n) is 6.52. The number of H-pyrrole nitrogens is 1. The Morgan fingerprint density at radius 3 is 2.48 bits per heavy atom. The lowest BCUT2D eigenvalue weighted by Gasteiger charge is -2.17. The number of halogens is 3. The van der Waals surface area contributed by atoms with Crippen LogP contribution in [0.2, 0.25) is 0 Å². The molecule has 2 aromatic carbocycles. The Hall–Kier alpha value is -2.74. The molecule has 0 aliphatic heterocycles. The van der Waals surface area contributed by atoms with E-state index in [1.807, 2.05) is 6.07 Å². The van der Waals surface area contributed by atoms with E-state index >= 15 is 0 Å². The van der Waals surface area contributed by atoms with Crippen LogP contribution in [0.3, 0.4) is 0 Å². The first-order valence-electron chi connectivity index (χ1n) is 9.03. The third kappa shape index (κ3) is 5.87. The van der Waals surface area contributed by atoms with E-state index in [4.69, 9.17) is 0 Å². The minimum Gasteiger partial charge on any atom is -0.342 e. The molecule has 1 amide bonds. The summed E-state index contributed by atoms with van der Waals surface area (Å²) in [5.74, 6) is -2.93. The Balaban J connectivity index is 1.50. The lowest BCUT2D eigenvalue weighted by molar-refractivity contribution is 0.0793. The van der Waals surface area contributed by atoms with E-state index in [9.17, 15) is 18.0 Å². The number of carbonyl (C=O) groups excluding carboxylic acids is 1. The number of rotatable bonds is 8. The third-order valence-corrected chi connectivity index (χ3v) is 5.11. The van der Waals surface area contributed by atoms with Gasteiger partial charge in [-0.25, -0.2) is 4.39 Å². The van der Waals surface area contributed by atoms with E-state index in [0.717, 1.165) is 23.4 Å². The van der Waals surface area contributed by atoms with Crippen LogP contribution in [0.4, 0.5) is 13.2 Å². The minimum atomic E-state index is -2.48. The maximum Gasteiger partial charge on any atom is 0.288 e. The fourth-order valence-electron chi connectivity index (χ4n) is 2.87. The van der Waals surface area contributed by atoms with Crippen LogP contribution < -0.4 is 0 Å². The molecule has 0 atom stereocenters. The highest BCUT2D eigenvalue weighted by Crippen LogP contribution is 2.25. The number of hydrogen-bond acceptors (Lipinski definition) is 3. The van der Waals surface area contributed by atoms with Gasteiger partial charge in [-0.15, -0.1) is 0 Å². The molecule has 4 nitrogen and oxygen atoms in total. The molecule has 0 aliphatic rings. The fourth-order valence-corrected chi connectivity index (χ4v) is 3.36. The molecule has 1 N–H and O–H groups in total. The SMILES string of the molecule is CN(CCCc1cc(-c2ccc(F)cc2)n[nH]1)C(=O)c1ccc(SC(F)F)cc1. The summed E-state index contributed by atoms with van der Waals surface area (Å²) in [6.45, 7) is 0.539. The maximum atomic E-state index is 13.0. The Morgan fingerprint density at radius 1 is 1.14 bits per heavy atom. The van der Waals surface area contributed by atoms with Crippen molar-refractivity contribution in [1.82, 2.24) is 15.1 Å². The molecule has 3 aromatic rings. The first-order valence-corrected chi connectivity index (χ1v) is 9.91. The second-order valence-corrected chi connectivity index (χ2v) is 7.58. The van der Waals surface area contributed by atoms with Crippen molar-refractivity contribution in [2.45, 2.75) is 23.5 Å². The molecule has 0 unspecified atom stereocenters. The van der Waals surface area contributed by atoms with Crippen molar-refractivity contribution >= 4 is 17.7 Å². The number of hydrogen-bond donors (Lipinski definition) is 1. The van der Waals surface area contributed by atoms with Gasteiger partial charge in [0.15, 0.2) is 0 Å². The van der Waals surface area contributed by atoms with Crippen molar-refractivity contribution in [1.29, 1.82) is 0 Å². The number of alkyl halides is 2. The number of amides is 1. The normalized spacial score (nSPS) is 11.1. The second kappa shape index (κ2) is 9.65. The smallest absolute Gasteiger partial charge is 0.288 e. The van der Waals surface area contributed by atoms with Crippen molar-refractivity contribution in [3.8, 4) is 11.3 Å². The number of nitrogens with zero attached hydrogens (tertiary/aromatic N) is 2. The average molecular weight is 419 g/mol. The molecule has 0 saturated heterocycles. The van der Waals surface area contributed by atoms with Crippen molar-refractivity contribution < 1.29 is 18.0 Å². The van der Waals surface area contributed by atoms with Gasteiger partial charge < -0.3 is 4.90 Å². The Labute approximate surface area is 171 Å². The molecule has 0 spiro atoms. The molecule has 1 aromatic heterocycles. The standard InChI is InChI=1S/C21H20F3N3OS/c1-27(20(28)15-6-10-18(11-7-15)29-21(23)24)12-2-3-17-13-19(26-25-17)14-4-8-16(22)9-5-14/h4-11,13,21H,2-3,12H2,1H3,(H,25,26). The predicted octanol–water partition coefficient (Wildman–Crippen LogP) is 5.24. The summed E-state index contributed by atoms with van der Waals surface area (Å²) in [4.78, 5) is 14.5. The highest BCUT2D eigenvalue weighted by Gasteiger charge is 2.13.